The van der Waals surface area contributed by atoms with Gasteiger partial charge < -0.3 is 4.74 Å². The van der Waals surface area contributed by atoms with Gasteiger partial charge in [-0.05, 0) is 67.4 Å². The molecule has 0 atom stereocenters. The topological polar surface area (TPSA) is 99.5 Å². The number of benzene rings is 3. The van der Waals surface area contributed by atoms with E-state index in [9.17, 15) is 19.6 Å². The van der Waals surface area contributed by atoms with Crippen molar-refractivity contribution in [3.63, 3.8) is 0 Å². The summed E-state index contributed by atoms with van der Waals surface area (Å²) in [4.78, 5) is 39.4. The Kier molecular flexibility index (Phi) is 6.80. The summed E-state index contributed by atoms with van der Waals surface area (Å²) in [5.74, 6) is -1.12. The minimum absolute atomic E-state index is 0.120. The molecule has 3 aromatic rings. The molecule has 174 valence electrons. The Bertz CT molecular complexity index is 1440. The first kappa shape index (κ1) is 23.9. The van der Waals surface area contributed by atoms with Crippen LogP contribution in [0.3, 0.4) is 0 Å². The van der Waals surface area contributed by atoms with Crippen LogP contribution in [-0.2, 0) is 16.2 Å². The molecule has 4 amide bonds. The number of imide groups is 2. The molecule has 4 rings (SSSR count). The van der Waals surface area contributed by atoms with Crippen LogP contribution >= 0.6 is 15.9 Å². The zero-order valence-corrected chi connectivity index (χ0v) is 20.5. The molecule has 1 N–H and O–H groups in total. The van der Waals surface area contributed by atoms with Gasteiger partial charge in [0, 0.05) is 15.6 Å². The van der Waals surface area contributed by atoms with Gasteiger partial charge in [-0.1, -0.05) is 40.2 Å². The molecule has 0 aromatic heterocycles. The van der Waals surface area contributed by atoms with E-state index in [0.29, 0.717) is 32.6 Å². The van der Waals surface area contributed by atoms with Gasteiger partial charge in [0.25, 0.3) is 11.8 Å². The molecule has 0 radical (unpaired) electrons. The van der Waals surface area contributed by atoms with E-state index in [2.05, 4.69) is 27.3 Å². The van der Waals surface area contributed by atoms with Crippen molar-refractivity contribution in [2.75, 3.05) is 4.90 Å². The van der Waals surface area contributed by atoms with Crippen LogP contribution in [0.2, 0.25) is 0 Å². The fourth-order valence-electron chi connectivity index (χ4n) is 3.59. The Morgan fingerprint density at radius 1 is 1.03 bits per heavy atom. The number of ether oxygens (including phenoxy) is 1. The van der Waals surface area contributed by atoms with E-state index in [1.54, 1.807) is 48.5 Å². The number of rotatable bonds is 5. The summed E-state index contributed by atoms with van der Waals surface area (Å²) in [5, 5.41) is 11.6. The Morgan fingerprint density at radius 2 is 1.80 bits per heavy atom. The van der Waals surface area contributed by atoms with Crippen LogP contribution in [0.5, 0.6) is 5.75 Å². The number of carbonyl (C=O) groups is 3. The quantitative estimate of drug-likeness (QED) is 0.362. The zero-order valence-electron chi connectivity index (χ0n) is 19.0. The maximum absolute atomic E-state index is 13.3. The van der Waals surface area contributed by atoms with Crippen molar-refractivity contribution < 1.29 is 19.1 Å². The molecule has 1 saturated heterocycles. The van der Waals surface area contributed by atoms with E-state index >= 15 is 0 Å². The Morgan fingerprint density at radius 3 is 2.54 bits per heavy atom. The van der Waals surface area contributed by atoms with E-state index in [0.717, 1.165) is 16.0 Å². The molecule has 7 nitrogen and oxygen atoms in total. The van der Waals surface area contributed by atoms with Crippen molar-refractivity contribution in [2.45, 2.75) is 20.5 Å². The third-order valence-corrected chi connectivity index (χ3v) is 6.14. The van der Waals surface area contributed by atoms with E-state index in [1.165, 1.54) is 6.08 Å². The van der Waals surface area contributed by atoms with Crippen molar-refractivity contribution in [1.29, 1.82) is 5.26 Å². The van der Waals surface area contributed by atoms with Gasteiger partial charge in [0.15, 0.2) is 0 Å². The maximum atomic E-state index is 13.3. The summed E-state index contributed by atoms with van der Waals surface area (Å²) < 4.78 is 6.66. The molecule has 8 heteroatoms. The summed E-state index contributed by atoms with van der Waals surface area (Å²) in [6, 6.07) is 18.8. The summed E-state index contributed by atoms with van der Waals surface area (Å²) >= 11 is 3.41. The molecular formula is C27H20BrN3O4. The maximum Gasteiger partial charge on any atom is 0.335 e. The molecule has 1 aliphatic heterocycles. The van der Waals surface area contributed by atoms with Crippen molar-refractivity contribution in [3.05, 3.63) is 98.5 Å². The summed E-state index contributed by atoms with van der Waals surface area (Å²) in [6.45, 7) is 3.92. The molecule has 0 spiro atoms. The van der Waals surface area contributed by atoms with Crippen LogP contribution in [0.4, 0.5) is 10.5 Å². The average molecular weight is 530 g/mol. The standard InChI is InChI=1S/C27H20BrN3O4/c1-16-7-9-22(11-17(16)2)31-26(33)23(25(32)30-27(31)34)13-20-12-21(28)8-10-24(20)35-15-19-6-4-3-5-18(19)14-29/h3-13H,15H2,1-2H3,(H,30,32,34)/b23-13+. The third-order valence-electron chi connectivity index (χ3n) is 5.64. The van der Waals surface area contributed by atoms with Gasteiger partial charge in [-0.25, -0.2) is 9.69 Å². The number of nitriles is 1. The molecule has 35 heavy (non-hydrogen) atoms. The Labute approximate surface area is 210 Å². The summed E-state index contributed by atoms with van der Waals surface area (Å²) in [7, 11) is 0. The molecule has 1 aliphatic rings. The van der Waals surface area contributed by atoms with Gasteiger partial charge >= 0.3 is 6.03 Å². The predicted octanol–water partition coefficient (Wildman–Crippen LogP) is 5.18. The lowest BCUT2D eigenvalue weighted by atomic mass is 10.0. The number of aryl methyl sites for hydroxylation is 2. The largest absolute Gasteiger partial charge is 0.488 e. The number of nitrogens with zero attached hydrogens (tertiary/aromatic N) is 2. The van der Waals surface area contributed by atoms with Crippen molar-refractivity contribution in [2.24, 2.45) is 0 Å². The highest BCUT2D eigenvalue weighted by molar-refractivity contribution is 9.10. The number of anilines is 1. The fourth-order valence-corrected chi connectivity index (χ4v) is 3.97. The minimum Gasteiger partial charge on any atom is -0.488 e. The molecular weight excluding hydrogens is 510 g/mol. The number of nitrogens with one attached hydrogen (secondary N) is 1. The SMILES string of the molecule is Cc1ccc(N2C(=O)NC(=O)/C(=C\c3cc(Br)ccc3OCc3ccccc3C#N)C2=O)cc1C. The molecule has 1 heterocycles. The lowest BCUT2D eigenvalue weighted by Gasteiger charge is -2.27. The molecule has 0 bridgehead atoms. The first-order chi connectivity index (χ1) is 16.8. The number of hydrogen-bond donors (Lipinski definition) is 1. The van der Waals surface area contributed by atoms with E-state index in [-0.39, 0.29) is 12.2 Å². The average Bonchev–Trinajstić information content (AvgIpc) is 2.83. The van der Waals surface area contributed by atoms with Crippen molar-refractivity contribution >= 4 is 45.5 Å². The van der Waals surface area contributed by atoms with Crippen LogP contribution in [0, 0.1) is 25.2 Å². The van der Waals surface area contributed by atoms with Crippen LogP contribution < -0.4 is 15.0 Å². The molecule has 0 aliphatic carbocycles. The number of urea groups is 1. The van der Waals surface area contributed by atoms with E-state index in [4.69, 9.17) is 4.74 Å². The normalized spacial score (nSPS) is 14.6. The summed E-state index contributed by atoms with van der Waals surface area (Å²) in [6.07, 6.45) is 1.40. The van der Waals surface area contributed by atoms with Gasteiger partial charge in [0.05, 0.1) is 17.3 Å². The number of amides is 4. The second kappa shape index (κ2) is 9.95. The zero-order chi connectivity index (χ0) is 25.1. The first-order valence-corrected chi connectivity index (χ1v) is 11.5. The van der Waals surface area contributed by atoms with Crippen LogP contribution in [0.15, 0.2) is 70.7 Å². The molecule has 0 saturated carbocycles. The molecule has 0 unspecified atom stereocenters. The van der Waals surface area contributed by atoms with Crippen molar-refractivity contribution in [3.8, 4) is 11.8 Å². The highest BCUT2D eigenvalue weighted by atomic mass is 79.9. The second-order valence-electron chi connectivity index (χ2n) is 7.97. The smallest absolute Gasteiger partial charge is 0.335 e. The van der Waals surface area contributed by atoms with Crippen LogP contribution in [-0.4, -0.2) is 17.8 Å². The van der Waals surface area contributed by atoms with Crippen LogP contribution in [0.1, 0.15) is 27.8 Å². The fraction of sp³-hybridized carbons (Fsp3) is 0.111. The predicted molar refractivity (Wildman–Crippen MR) is 135 cm³/mol. The number of hydrogen-bond acceptors (Lipinski definition) is 5. The Balaban J connectivity index is 1.69. The highest BCUT2D eigenvalue weighted by Crippen LogP contribution is 2.29. The summed E-state index contributed by atoms with van der Waals surface area (Å²) in [5.41, 5.74) is 3.74. The third kappa shape index (κ3) is 5.00. The molecule has 1 fully saturated rings. The first-order valence-electron chi connectivity index (χ1n) is 10.7. The Hall–Kier alpha value is -4.22. The lowest BCUT2D eigenvalue weighted by Crippen LogP contribution is -2.54. The lowest BCUT2D eigenvalue weighted by molar-refractivity contribution is -0.122. The van der Waals surface area contributed by atoms with Gasteiger partial charge in [-0.3, -0.25) is 14.9 Å². The van der Waals surface area contributed by atoms with Gasteiger partial charge in [0.2, 0.25) is 0 Å². The van der Waals surface area contributed by atoms with Gasteiger partial charge in [-0.2, -0.15) is 5.26 Å². The number of barbiturate groups is 1. The number of halogens is 1. The van der Waals surface area contributed by atoms with Gasteiger partial charge in [-0.15, -0.1) is 0 Å². The van der Waals surface area contributed by atoms with Gasteiger partial charge in [0.1, 0.15) is 17.9 Å². The van der Waals surface area contributed by atoms with E-state index in [1.807, 2.05) is 26.0 Å². The number of carbonyl (C=O) groups excluding carboxylic acids is 3. The second-order valence-corrected chi connectivity index (χ2v) is 8.88. The highest BCUT2D eigenvalue weighted by Gasteiger charge is 2.37. The van der Waals surface area contributed by atoms with E-state index < -0.39 is 17.8 Å². The van der Waals surface area contributed by atoms with Crippen molar-refractivity contribution in [1.82, 2.24) is 5.32 Å². The monoisotopic (exact) mass is 529 g/mol. The minimum atomic E-state index is -0.806. The molecule has 3 aromatic carbocycles. The van der Waals surface area contributed by atoms with Crippen LogP contribution in [0.25, 0.3) is 6.08 Å².